The van der Waals surface area contributed by atoms with Gasteiger partial charge in [-0.2, -0.15) is 0 Å². The second-order valence-corrected chi connectivity index (χ2v) is 7.44. The third-order valence-corrected chi connectivity index (χ3v) is 5.13. The molecule has 1 atom stereocenters. The first kappa shape index (κ1) is 18.4. The molecule has 2 aliphatic rings. The molecule has 1 saturated heterocycles. The van der Waals surface area contributed by atoms with Crippen molar-refractivity contribution in [3.63, 3.8) is 0 Å². The molecule has 1 N–H and O–H groups in total. The number of nitrogens with one attached hydrogen (secondary N) is 1. The molecule has 7 nitrogen and oxygen atoms in total. The Labute approximate surface area is 164 Å². The van der Waals surface area contributed by atoms with E-state index in [9.17, 15) is 9.59 Å². The summed E-state index contributed by atoms with van der Waals surface area (Å²) in [7, 11) is 0. The van der Waals surface area contributed by atoms with Crippen LogP contribution in [0.5, 0.6) is 5.75 Å². The number of carbonyl (C=O) groups is 2. The Bertz CT molecular complexity index is 839. The maximum Gasteiger partial charge on any atom is 0.257 e. The van der Waals surface area contributed by atoms with Crippen molar-refractivity contribution in [2.75, 3.05) is 19.7 Å². The first-order valence-electron chi connectivity index (χ1n) is 9.77. The van der Waals surface area contributed by atoms with Crippen molar-refractivity contribution in [1.82, 2.24) is 20.2 Å². The summed E-state index contributed by atoms with van der Waals surface area (Å²) in [5.41, 5.74) is 1.07. The Morgan fingerprint density at radius 1 is 1.14 bits per heavy atom. The van der Waals surface area contributed by atoms with Gasteiger partial charge in [-0.1, -0.05) is 12.1 Å². The molecule has 1 aliphatic heterocycles. The monoisotopic (exact) mass is 380 g/mol. The molecular formula is C21H24N4O3. The number of likely N-dealkylation sites (tertiary alicyclic amines) is 1. The number of rotatable bonds is 6. The Kier molecular flexibility index (Phi) is 5.50. The van der Waals surface area contributed by atoms with Gasteiger partial charge in [-0.25, -0.2) is 9.97 Å². The van der Waals surface area contributed by atoms with Crippen LogP contribution >= 0.6 is 0 Å². The lowest BCUT2D eigenvalue weighted by Gasteiger charge is -2.32. The fraction of sp³-hybridized carbons (Fsp3) is 0.429. The lowest BCUT2D eigenvalue weighted by atomic mass is 9.98. The van der Waals surface area contributed by atoms with Crippen LogP contribution in [0.3, 0.4) is 0 Å². The molecule has 4 rings (SSSR count). The Balaban J connectivity index is 1.36. The number of carbonyl (C=O) groups excluding carboxylic acids is 2. The zero-order valence-corrected chi connectivity index (χ0v) is 15.7. The summed E-state index contributed by atoms with van der Waals surface area (Å²) in [6.07, 6.45) is 8.53. The molecule has 0 spiro atoms. The molecule has 2 heterocycles. The van der Waals surface area contributed by atoms with Crippen LogP contribution in [0.15, 0.2) is 43.0 Å². The molecule has 1 aromatic carbocycles. The summed E-state index contributed by atoms with van der Waals surface area (Å²) in [4.78, 5) is 34.7. The SMILES string of the molecule is O=C(NC1CC1)c1ccccc1OCC1CCCN(C(=O)c2cncnc2)C1. The molecule has 0 bridgehead atoms. The van der Waals surface area contributed by atoms with Gasteiger partial charge in [0.05, 0.1) is 17.7 Å². The van der Waals surface area contributed by atoms with E-state index < -0.39 is 0 Å². The summed E-state index contributed by atoms with van der Waals surface area (Å²) >= 11 is 0. The van der Waals surface area contributed by atoms with Crippen LogP contribution in [-0.2, 0) is 0 Å². The van der Waals surface area contributed by atoms with E-state index in [0.29, 0.717) is 36.1 Å². The van der Waals surface area contributed by atoms with Gasteiger partial charge >= 0.3 is 0 Å². The molecule has 1 aromatic heterocycles. The van der Waals surface area contributed by atoms with Gasteiger partial charge in [0.15, 0.2) is 0 Å². The second kappa shape index (κ2) is 8.37. The standard InChI is InChI=1S/C21H24N4O3/c26-20(24-17-7-8-17)18-5-1-2-6-19(18)28-13-15-4-3-9-25(12-15)21(27)16-10-22-14-23-11-16/h1-2,5-6,10-11,14-15,17H,3-4,7-9,12-13H2,(H,24,26). The highest BCUT2D eigenvalue weighted by atomic mass is 16.5. The molecular weight excluding hydrogens is 356 g/mol. The van der Waals surface area contributed by atoms with E-state index >= 15 is 0 Å². The van der Waals surface area contributed by atoms with E-state index in [4.69, 9.17) is 4.74 Å². The average Bonchev–Trinajstić information content (AvgIpc) is 3.57. The highest BCUT2D eigenvalue weighted by molar-refractivity contribution is 5.97. The molecule has 28 heavy (non-hydrogen) atoms. The maximum atomic E-state index is 12.6. The minimum absolute atomic E-state index is 0.0467. The van der Waals surface area contributed by atoms with Crippen LogP contribution in [0.4, 0.5) is 0 Å². The molecule has 146 valence electrons. The van der Waals surface area contributed by atoms with Crippen LogP contribution in [0, 0.1) is 5.92 Å². The zero-order chi connectivity index (χ0) is 19.3. The quantitative estimate of drug-likeness (QED) is 0.831. The van der Waals surface area contributed by atoms with Crippen molar-refractivity contribution < 1.29 is 14.3 Å². The Morgan fingerprint density at radius 3 is 2.71 bits per heavy atom. The van der Waals surface area contributed by atoms with Crippen molar-refractivity contribution in [3.05, 3.63) is 54.1 Å². The predicted octanol–water partition coefficient (Wildman–Crippen LogP) is 2.30. The maximum absolute atomic E-state index is 12.6. The van der Waals surface area contributed by atoms with Crippen LogP contribution in [0.1, 0.15) is 46.4 Å². The van der Waals surface area contributed by atoms with Crippen molar-refractivity contribution >= 4 is 11.8 Å². The summed E-state index contributed by atoms with van der Waals surface area (Å²) in [5.74, 6) is 0.694. The summed E-state index contributed by atoms with van der Waals surface area (Å²) in [6.45, 7) is 1.83. The third kappa shape index (κ3) is 4.47. The lowest BCUT2D eigenvalue weighted by Crippen LogP contribution is -2.41. The van der Waals surface area contributed by atoms with Crippen molar-refractivity contribution in [3.8, 4) is 5.75 Å². The van der Waals surface area contributed by atoms with Gasteiger partial charge in [0, 0.05) is 37.4 Å². The lowest BCUT2D eigenvalue weighted by molar-refractivity contribution is 0.0632. The third-order valence-electron chi connectivity index (χ3n) is 5.13. The number of aromatic nitrogens is 2. The number of hydrogen-bond acceptors (Lipinski definition) is 5. The van der Waals surface area contributed by atoms with Gasteiger partial charge in [-0.3, -0.25) is 9.59 Å². The highest BCUT2D eigenvalue weighted by Crippen LogP contribution is 2.24. The van der Waals surface area contributed by atoms with Crippen molar-refractivity contribution in [1.29, 1.82) is 0 Å². The highest BCUT2D eigenvalue weighted by Gasteiger charge is 2.27. The molecule has 1 saturated carbocycles. The van der Waals surface area contributed by atoms with Crippen LogP contribution in [0.2, 0.25) is 0 Å². The first-order valence-corrected chi connectivity index (χ1v) is 9.77. The zero-order valence-electron chi connectivity index (χ0n) is 15.7. The van der Waals surface area contributed by atoms with E-state index in [1.807, 2.05) is 23.1 Å². The smallest absolute Gasteiger partial charge is 0.257 e. The number of nitrogens with zero attached hydrogens (tertiary/aromatic N) is 3. The fourth-order valence-corrected chi connectivity index (χ4v) is 3.46. The number of piperidine rings is 1. The Morgan fingerprint density at radius 2 is 1.93 bits per heavy atom. The largest absolute Gasteiger partial charge is 0.492 e. The molecule has 2 fully saturated rings. The minimum Gasteiger partial charge on any atom is -0.492 e. The number of hydrogen-bond donors (Lipinski definition) is 1. The summed E-state index contributed by atoms with van der Waals surface area (Å²) in [6, 6.07) is 7.64. The van der Waals surface area contributed by atoms with E-state index in [1.165, 1.54) is 6.33 Å². The number of benzene rings is 1. The summed E-state index contributed by atoms with van der Waals surface area (Å²) < 4.78 is 6.01. The fourth-order valence-electron chi connectivity index (χ4n) is 3.46. The molecule has 2 amide bonds. The summed E-state index contributed by atoms with van der Waals surface area (Å²) in [5, 5.41) is 3.01. The van der Waals surface area contributed by atoms with Crippen molar-refractivity contribution in [2.24, 2.45) is 5.92 Å². The predicted molar refractivity (Wildman–Crippen MR) is 103 cm³/mol. The number of para-hydroxylation sites is 1. The first-order chi connectivity index (χ1) is 13.7. The number of ether oxygens (including phenoxy) is 1. The van der Waals surface area contributed by atoms with Gasteiger partial charge < -0.3 is 15.0 Å². The van der Waals surface area contributed by atoms with E-state index in [1.54, 1.807) is 18.5 Å². The van der Waals surface area contributed by atoms with Crippen LogP contribution < -0.4 is 10.1 Å². The average molecular weight is 380 g/mol. The van der Waals surface area contributed by atoms with E-state index in [0.717, 1.165) is 32.2 Å². The van der Waals surface area contributed by atoms with Crippen LogP contribution in [0.25, 0.3) is 0 Å². The van der Waals surface area contributed by atoms with Gasteiger partial charge in [-0.15, -0.1) is 0 Å². The van der Waals surface area contributed by atoms with Gasteiger partial charge in [-0.05, 0) is 37.8 Å². The van der Waals surface area contributed by atoms with Gasteiger partial charge in [0.2, 0.25) is 0 Å². The second-order valence-electron chi connectivity index (χ2n) is 7.44. The molecule has 0 radical (unpaired) electrons. The molecule has 7 heteroatoms. The topological polar surface area (TPSA) is 84.4 Å². The van der Waals surface area contributed by atoms with Crippen molar-refractivity contribution in [2.45, 2.75) is 31.7 Å². The van der Waals surface area contributed by atoms with Gasteiger partial charge in [0.25, 0.3) is 11.8 Å². The Hall–Kier alpha value is -2.96. The number of amides is 2. The van der Waals surface area contributed by atoms with Gasteiger partial charge in [0.1, 0.15) is 12.1 Å². The molecule has 1 unspecified atom stereocenters. The minimum atomic E-state index is -0.0809. The van der Waals surface area contributed by atoms with E-state index in [2.05, 4.69) is 15.3 Å². The normalized spacial score (nSPS) is 19.1. The molecule has 1 aliphatic carbocycles. The van der Waals surface area contributed by atoms with Crippen LogP contribution in [-0.4, -0.2) is 52.4 Å². The molecule has 2 aromatic rings. The van der Waals surface area contributed by atoms with E-state index in [-0.39, 0.29) is 17.7 Å².